The average Bonchev–Trinajstić information content (AvgIpc) is 0.797. The second-order valence-corrected chi connectivity index (χ2v) is 33.1. The van der Waals surface area contributed by atoms with Crippen LogP contribution in [0.1, 0.15) is 175 Å². The molecule has 662 valence electrons. The van der Waals surface area contributed by atoms with Gasteiger partial charge in [-0.2, -0.15) is 0 Å². The highest BCUT2D eigenvalue weighted by Gasteiger charge is 2.53. The first-order chi connectivity index (χ1) is 57.2. The standard InChI is InChI=1S/C83H99Cl2N7O29.CH4/c1-8-36(19-32(2)3)76(107)90-64-51(97)23-41(26-59(86)99)77(108)88-62-40-24-56(114-53-17-14-38(66(64)100)21-47(53)84)73(119-82-71(105)69(103)74(58(31-93)117-82)120-81-70(104)68(102)67(101)55(116-81)12-10-9-11-43-33(4)92-121-34(43)5)57(25-40)115-54-18-15-39(22-48(54)85)72(118-60-30-83(7,87)75(106)35(6)113-60)65-79(110)89-63(80(111)112)46-27-42(94)28-50(96)61(46)45-20-37(13-16-49(45)95)44(29-52(62)98)78(109)91-65;/h13-18,20-22,24-25,27-28,32,35-36,41,44,55,58,60,62-72,74-75,81-82,93-96,100-106H,8-12,19,23,26,29-31,87H2,1-7H3,(H2,86,99)(H,88,108)(H,89,110)(H,90,107)(H,91,109)(H,111,112);1H4/t35-,36+,41-,44+,55+,58+,60?,62+,63+,64-,65-,66+,67-,68-,69+,70+,71+,72+,74+,75-,81-,82-,83-;/m0./s1. The smallest absolute Gasteiger partial charge is 0.330 e. The fraction of sp³-hybridized carbons (Fsp3) is 0.512. The number of unbranched alkanes of at least 4 members (excludes halogenated alkanes) is 1. The number of carboxylic acids is 1. The number of aromatic hydroxyl groups is 3. The molecule has 0 spiro atoms. The van der Waals surface area contributed by atoms with Gasteiger partial charge in [-0.3, -0.25) is 33.6 Å². The van der Waals surface area contributed by atoms with Crippen molar-refractivity contribution in [1.82, 2.24) is 26.4 Å². The largest absolute Gasteiger partial charge is 0.508 e. The van der Waals surface area contributed by atoms with Gasteiger partial charge in [0.05, 0.1) is 52.5 Å². The zero-order chi connectivity index (χ0) is 87.8. The molecule has 5 amide bonds. The molecule has 11 bridgehead atoms. The molecular formula is C84H103Cl2N7O29. The number of phenolic OH excluding ortho intramolecular Hbond substituents is 3. The van der Waals surface area contributed by atoms with Crippen LogP contribution in [0.5, 0.6) is 46.0 Å². The number of hydrogen-bond acceptors (Lipinski definition) is 30. The third-order valence-electron chi connectivity index (χ3n) is 22.9. The van der Waals surface area contributed by atoms with E-state index in [0.29, 0.717) is 37.1 Å². The number of Topliss-reactive ketones (excluding diaryl/α,β-unsaturated/α-hetero) is 2. The number of aliphatic hydroxyl groups is 8. The molecule has 8 aliphatic rings. The number of aromatic nitrogens is 1. The Hall–Kier alpha value is -9.71. The summed E-state index contributed by atoms with van der Waals surface area (Å²) in [6, 6.07) is 5.56. The molecule has 36 nitrogen and oxygen atoms in total. The molecule has 5 aromatic carbocycles. The number of benzene rings is 5. The lowest BCUT2D eigenvalue weighted by Gasteiger charge is -2.46. The maximum absolute atomic E-state index is 16.5. The van der Waals surface area contributed by atoms with Crippen LogP contribution in [0.25, 0.3) is 11.1 Å². The number of carbonyl (C=O) groups is 8. The van der Waals surface area contributed by atoms with Crippen molar-refractivity contribution in [2.45, 2.75) is 248 Å². The molecule has 0 radical (unpaired) electrons. The van der Waals surface area contributed by atoms with Gasteiger partial charge in [-0.1, -0.05) is 81.2 Å². The number of carboxylic acid groups (broad SMARTS) is 1. The Labute approximate surface area is 709 Å². The fourth-order valence-electron chi connectivity index (χ4n) is 16.3. The third kappa shape index (κ3) is 20.1. The third-order valence-corrected chi connectivity index (χ3v) is 23.5. The first-order valence-electron chi connectivity index (χ1n) is 39.6. The molecule has 23 atom stereocenters. The number of amides is 5. The lowest BCUT2D eigenvalue weighted by Crippen LogP contribution is -2.64. The van der Waals surface area contributed by atoms with Crippen molar-refractivity contribution in [2.75, 3.05) is 6.61 Å². The van der Waals surface area contributed by atoms with Crippen LogP contribution in [0, 0.1) is 31.6 Å². The minimum absolute atomic E-state index is 0. The van der Waals surface area contributed by atoms with Crippen molar-refractivity contribution in [3.8, 4) is 57.1 Å². The van der Waals surface area contributed by atoms with E-state index in [1.54, 1.807) is 20.8 Å². The Morgan fingerprint density at radius 2 is 1.36 bits per heavy atom. The summed E-state index contributed by atoms with van der Waals surface area (Å²) in [6.45, 7) is 10.9. The van der Waals surface area contributed by atoms with Gasteiger partial charge in [-0.05, 0) is 143 Å². The van der Waals surface area contributed by atoms with Crippen LogP contribution >= 0.6 is 23.2 Å². The number of rotatable bonds is 20. The van der Waals surface area contributed by atoms with E-state index in [1.807, 2.05) is 13.8 Å². The predicted octanol–water partition coefficient (Wildman–Crippen LogP) is 5.01. The van der Waals surface area contributed by atoms with Crippen molar-refractivity contribution < 1.29 is 142 Å². The Balaban J connectivity index is 0.0000145. The summed E-state index contributed by atoms with van der Waals surface area (Å²) in [6.07, 6.45) is -28.3. The van der Waals surface area contributed by atoms with E-state index >= 15 is 24.0 Å². The van der Waals surface area contributed by atoms with Crippen molar-refractivity contribution >= 4 is 70.3 Å². The first kappa shape index (κ1) is 93.0. The fourth-order valence-corrected chi connectivity index (χ4v) is 16.8. The minimum Gasteiger partial charge on any atom is -0.508 e. The minimum atomic E-state index is -2.32. The predicted molar refractivity (Wildman–Crippen MR) is 429 cm³/mol. The summed E-state index contributed by atoms with van der Waals surface area (Å²) < 4.78 is 56.7. The summed E-state index contributed by atoms with van der Waals surface area (Å²) in [5.41, 5.74) is 10.1. The number of primary amides is 1. The van der Waals surface area contributed by atoms with Gasteiger partial charge in [0.1, 0.15) is 108 Å². The van der Waals surface area contributed by atoms with E-state index in [0.717, 1.165) is 54.1 Å². The Morgan fingerprint density at radius 3 is 1.98 bits per heavy atom. The second kappa shape index (κ2) is 38.6. The van der Waals surface area contributed by atoms with Crippen LogP contribution < -0.4 is 46.9 Å². The molecule has 8 aliphatic heterocycles. The van der Waals surface area contributed by atoms with E-state index in [2.05, 4.69) is 26.4 Å². The average molecular weight is 1750 g/mol. The molecule has 1 aromatic heterocycles. The van der Waals surface area contributed by atoms with E-state index in [9.17, 15) is 75.7 Å². The summed E-state index contributed by atoms with van der Waals surface area (Å²) in [5, 5.41) is 153. The summed E-state index contributed by atoms with van der Waals surface area (Å²) in [7, 11) is 0. The molecule has 0 aliphatic carbocycles. The second-order valence-electron chi connectivity index (χ2n) is 32.2. The van der Waals surface area contributed by atoms with Crippen LogP contribution in [0.3, 0.4) is 0 Å². The van der Waals surface area contributed by atoms with Crippen molar-refractivity contribution in [2.24, 2.45) is 29.2 Å². The van der Waals surface area contributed by atoms with Gasteiger partial charge < -0.3 is 136 Å². The van der Waals surface area contributed by atoms with E-state index in [4.69, 9.17) is 77.1 Å². The Kier molecular flexibility index (Phi) is 29.4. The molecule has 9 heterocycles. The molecular weight excluding hydrogens is 1640 g/mol. The number of nitrogens with one attached hydrogen (secondary N) is 4. The summed E-state index contributed by atoms with van der Waals surface area (Å²) in [4.78, 5) is 121. The molecule has 122 heavy (non-hydrogen) atoms. The number of nitrogens with two attached hydrogens (primary N) is 2. The zero-order valence-corrected chi connectivity index (χ0v) is 68.2. The summed E-state index contributed by atoms with van der Waals surface area (Å²) in [5.74, 6) is -19.1. The van der Waals surface area contributed by atoms with Gasteiger partial charge in [0.25, 0.3) is 0 Å². The molecule has 38 heteroatoms. The molecule has 6 aromatic rings. The maximum atomic E-state index is 16.5. The van der Waals surface area contributed by atoms with Crippen LogP contribution in [0.2, 0.25) is 10.0 Å². The number of fused-ring (bicyclic) bond motifs is 15. The van der Waals surface area contributed by atoms with Crippen LogP contribution in [0.4, 0.5) is 0 Å². The number of phenols is 3. The van der Waals surface area contributed by atoms with E-state index < -0.39 is 280 Å². The number of nitrogens with zero attached hydrogens (tertiary/aromatic N) is 1. The normalized spacial score (nSPS) is 30.3. The molecule has 3 saturated heterocycles. The molecule has 3 fully saturated rings. The summed E-state index contributed by atoms with van der Waals surface area (Å²) >= 11 is 14.5. The van der Waals surface area contributed by atoms with Gasteiger partial charge in [0.15, 0.2) is 41.7 Å². The van der Waals surface area contributed by atoms with Gasteiger partial charge in [-0.25, -0.2) is 4.79 Å². The molecule has 1 unspecified atom stereocenters. The topological polar surface area (TPSA) is 579 Å². The van der Waals surface area contributed by atoms with Crippen LogP contribution in [0.15, 0.2) is 83.4 Å². The van der Waals surface area contributed by atoms with Crippen LogP contribution in [-0.4, -0.2) is 218 Å². The highest BCUT2D eigenvalue weighted by Crippen LogP contribution is 2.51. The van der Waals surface area contributed by atoms with Crippen LogP contribution in [-0.2, 0) is 68.5 Å². The van der Waals surface area contributed by atoms with Gasteiger partial charge >= 0.3 is 5.97 Å². The van der Waals surface area contributed by atoms with E-state index in [-0.39, 0.29) is 60.1 Å². The van der Waals surface area contributed by atoms with Gasteiger partial charge in [0, 0.05) is 65.5 Å². The number of aliphatic carboxylic acids is 1. The number of ketones is 2. The number of hydrogen-bond donors (Lipinski definition) is 18. The maximum Gasteiger partial charge on any atom is 0.330 e. The highest BCUT2D eigenvalue weighted by atomic mass is 35.5. The number of carbonyl (C=O) groups excluding carboxylic acids is 7. The first-order valence-corrected chi connectivity index (χ1v) is 40.3. The quantitative estimate of drug-likeness (QED) is 0.0447. The van der Waals surface area contributed by atoms with E-state index in [1.165, 1.54) is 44.2 Å². The van der Waals surface area contributed by atoms with Crippen molar-refractivity contribution in [1.29, 1.82) is 0 Å². The lowest BCUT2D eigenvalue weighted by atomic mass is 9.84. The van der Waals surface area contributed by atoms with Gasteiger partial charge in [-0.15, -0.1) is 0 Å². The lowest BCUT2D eigenvalue weighted by molar-refractivity contribution is -0.351. The Bertz CT molecular complexity index is 4870. The number of ether oxygens (including phenoxy) is 8. The highest BCUT2D eigenvalue weighted by molar-refractivity contribution is 6.32. The SMILES string of the molecule is C.CC[C@H](CC(C)C)C(=O)N[C@H]1C(=O)C[C@@H](CC(N)=O)C(=O)N[C@H]2C(=O)C[C@H]3C(=O)N[C@H](C(=O)N[C@@H](C(=O)O)c4cc(O)cc(O)c4-c4cc3ccc4O)[C@H](OC3C[C@](C)(N)[C@@H](O)[C@H](C)O3)c3ccc(c(Cl)c3)Oc3cc2cc(c3O[C@@H]2O[C@H](CO)[C@@H](O[C@@H]3O[C@H](CCCCc4c(C)noc4C)[C@H](O)[C@H](O)[C@H]3O)[C@H](O)[C@H]2O)Oc2ccc(cc2Cl)[C@H]1O. The van der Waals surface area contributed by atoms with Crippen molar-refractivity contribution in [3.63, 3.8) is 0 Å². The number of aliphatic hydroxyl groups excluding tert-OH is 8. The number of halogens is 2. The van der Waals surface area contributed by atoms with Crippen molar-refractivity contribution in [3.05, 3.63) is 134 Å². The molecule has 0 saturated carbocycles. The molecule has 14 rings (SSSR count). The Morgan fingerprint density at radius 1 is 0.713 bits per heavy atom. The number of aryl methyl sites for hydroxylation is 2. The zero-order valence-electron chi connectivity index (χ0n) is 66.7. The monoisotopic (exact) mass is 1740 g/mol. The molecule has 20 N–H and O–H groups in total. The van der Waals surface area contributed by atoms with Gasteiger partial charge in [0.2, 0.25) is 41.6 Å².